The van der Waals surface area contributed by atoms with Gasteiger partial charge in [0.05, 0.1) is 11.2 Å². The smallest absolute Gasteiger partial charge is 0.252 e. The van der Waals surface area contributed by atoms with Crippen LogP contribution >= 0.6 is 0 Å². The summed E-state index contributed by atoms with van der Waals surface area (Å²) in [5, 5.41) is 9.43. The summed E-state index contributed by atoms with van der Waals surface area (Å²) in [6.45, 7) is 7.38. The molecule has 3 aromatic rings. The molecule has 36 heavy (non-hydrogen) atoms. The van der Waals surface area contributed by atoms with Gasteiger partial charge >= 0.3 is 0 Å². The molecular weight excluding hydrogens is 457 g/mol. The number of piperazine rings is 1. The quantitative estimate of drug-likeness (QED) is 0.551. The van der Waals surface area contributed by atoms with Crippen LogP contribution in [0.1, 0.15) is 44.0 Å². The van der Waals surface area contributed by atoms with Crippen LogP contribution in [0.2, 0.25) is 0 Å². The number of pyridine rings is 2. The van der Waals surface area contributed by atoms with Crippen LogP contribution in [0.4, 0.5) is 10.1 Å². The highest BCUT2D eigenvalue weighted by atomic mass is 19.1. The van der Waals surface area contributed by atoms with Crippen LogP contribution in [0.15, 0.2) is 47.3 Å². The van der Waals surface area contributed by atoms with Crippen LogP contribution < -0.4 is 10.5 Å². The molecule has 0 N–H and O–H groups in total. The van der Waals surface area contributed by atoms with Gasteiger partial charge in [-0.1, -0.05) is 12.1 Å². The molecule has 4 heterocycles. The fourth-order valence-electron chi connectivity index (χ4n) is 5.90. The number of fused-ring (bicyclic) bond motifs is 1. The van der Waals surface area contributed by atoms with Gasteiger partial charge in [0.25, 0.3) is 5.56 Å². The molecular formula is C28H32FN5O2. The van der Waals surface area contributed by atoms with Crippen LogP contribution in [-0.4, -0.2) is 52.8 Å². The van der Waals surface area contributed by atoms with Crippen LogP contribution in [-0.2, 0) is 11.8 Å². The first-order chi connectivity index (χ1) is 17.4. The highest BCUT2D eigenvalue weighted by Gasteiger charge is 2.38. The maximum absolute atomic E-state index is 13.8. The lowest BCUT2D eigenvalue weighted by atomic mass is 9.84. The second kappa shape index (κ2) is 10.00. The number of rotatable bonds is 4. The summed E-state index contributed by atoms with van der Waals surface area (Å²) in [5.74, 6) is 0.201. The summed E-state index contributed by atoms with van der Waals surface area (Å²) in [4.78, 5) is 22.2. The minimum absolute atomic E-state index is 0.0994. The first-order valence-corrected chi connectivity index (χ1v) is 12.6. The van der Waals surface area contributed by atoms with E-state index in [0.717, 1.165) is 43.9 Å². The third kappa shape index (κ3) is 4.49. The number of anilines is 1. The standard InChI is InChI=1S/C28H32FN5O2/c1-18-17-34(28(21-10-12-36-13-11-21)20-4-6-22(29)7-5-20)19(2)16-33(18)25-14-26(35)32(3)24-9-8-23(15-30)31-27(24)25/h4-9,14,18-19,21,28H,10-13,16-17H2,1-3H3/t18-,19+,28?/m0/s1. The number of aryl methyl sites for hydroxylation is 1. The van der Waals surface area contributed by atoms with E-state index in [9.17, 15) is 14.4 Å². The molecule has 0 aliphatic carbocycles. The van der Waals surface area contributed by atoms with Crippen LogP contribution in [0, 0.1) is 23.1 Å². The molecule has 1 aromatic carbocycles. The van der Waals surface area contributed by atoms with E-state index in [1.807, 2.05) is 12.1 Å². The summed E-state index contributed by atoms with van der Waals surface area (Å²) in [7, 11) is 1.73. The van der Waals surface area contributed by atoms with Crippen molar-refractivity contribution in [1.82, 2.24) is 14.5 Å². The average molecular weight is 490 g/mol. The Bertz CT molecular complexity index is 1340. The van der Waals surface area contributed by atoms with Crippen molar-refractivity contribution in [2.75, 3.05) is 31.2 Å². The molecule has 2 fully saturated rings. The Morgan fingerprint density at radius 2 is 1.81 bits per heavy atom. The van der Waals surface area contributed by atoms with Gasteiger partial charge in [-0.2, -0.15) is 5.26 Å². The molecule has 2 aliphatic heterocycles. The minimum Gasteiger partial charge on any atom is -0.381 e. The van der Waals surface area contributed by atoms with E-state index in [4.69, 9.17) is 4.74 Å². The molecule has 2 aliphatic rings. The van der Waals surface area contributed by atoms with E-state index in [1.54, 1.807) is 41.9 Å². The van der Waals surface area contributed by atoms with E-state index < -0.39 is 0 Å². The van der Waals surface area contributed by atoms with Gasteiger partial charge in [0, 0.05) is 57.5 Å². The van der Waals surface area contributed by atoms with Gasteiger partial charge in [-0.25, -0.2) is 9.37 Å². The fraction of sp³-hybridized carbons (Fsp3) is 0.464. The largest absolute Gasteiger partial charge is 0.381 e. The predicted molar refractivity (Wildman–Crippen MR) is 137 cm³/mol. The lowest BCUT2D eigenvalue weighted by Crippen LogP contribution is -2.58. The zero-order chi connectivity index (χ0) is 25.4. The molecule has 0 spiro atoms. The van der Waals surface area contributed by atoms with Gasteiger partial charge in [0.2, 0.25) is 0 Å². The number of hydrogen-bond donors (Lipinski definition) is 0. The first-order valence-electron chi connectivity index (χ1n) is 12.6. The normalized spacial score (nSPS) is 22.5. The zero-order valence-corrected chi connectivity index (χ0v) is 21.0. The van der Waals surface area contributed by atoms with Crippen LogP contribution in [0.3, 0.4) is 0 Å². The maximum atomic E-state index is 13.8. The first kappa shape index (κ1) is 24.4. The number of hydrogen-bond acceptors (Lipinski definition) is 6. The number of ether oxygens (including phenoxy) is 1. The van der Waals surface area contributed by atoms with Gasteiger partial charge in [0.15, 0.2) is 0 Å². The van der Waals surface area contributed by atoms with E-state index in [2.05, 4.69) is 34.7 Å². The number of halogens is 1. The summed E-state index contributed by atoms with van der Waals surface area (Å²) < 4.78 is 21.0. The molecule has 3 atom stereocenters. The third-order valence-corrected chi connectivity index (χ3v) is 7.81. The van der Waals surface area contributed by atoms with Crippen molar-refractivity contribution in [2.45, 2.75) is 44.8 Å². The summed E-state index contributed by atoms with van der Waals surface area (Å²) in [5.41, 5.74) is 3.52. The second-order valence-electron chi connectivity index (χ2n) is 10.1. The molecule has 0 amide bonds. The third-order valence-electron chi connectivity index (χ3n) is 7.81. The highest BCUT2D eigenvalue weighted by Crippen LogP contribution is 2.39. The van der Waals surface area contributed by atoms with Crippen LogP contribution in [0.5, 0.6) is 0 Å². The van der Waals surface area contributed by atoms with Crippen molar-refractivity contribution < 1.29 is 9.13 Å². The molecule has 0 saturated carbocycles. The van der Waals surface area contributed by atoms with Crippen molar-refractivity contribution in [1.29, 1.82) is 5.26 Å². The molecule has 7 nitrogen and oxygen atoms in total. The topological polar surface area (TPSA) is 74.4 Å². The van der Waals surface area contributed by atoms with Crippen molar-refractivity contribution in [3.63, 3.8) is 0 Å². The molecule has 8 heteroatoms. The maximum Gasteiger partial charge on any atom is 0.252 e. The van der Waals surface area contributed by atoms with E-state index >= 15 is 0 Å². The van der Waals surface area contributed by atoms with Gasteiger partial charge in [0.1, 0.15) is 23.1 Å². The Morgan fingerprint density at radius 1 is 1.08 bits per heavy atom. The van der Waals surface area contributed by atoms with Gasteiger partial charge in [-0.15, -0.1) is 0 Å². The average Bonchev–Trinajstić information content (AvgIpc) is 2.89. The predicted octanol–water partition coefficient (Wildman–Crippen LogP) is 4.01. The Morgan fingerprint density at radius 3 is 2.50 bits per heavy atom. The molecule has 5 rings (SSSR count). The number of nitrogens with zero attached hydrogens (tertiary/aromatic N) is 5. The van der Waals surface area contributed by atoms with Crippen molar-refractivity contribution in [3.8, 4) is 6.07 Å². The summed E-state index contributed by atoms with van der Waals surface area (Å²) in [6, 6.07) is 14.6. The Balaban J connectivity index is 1.51. The van der Waals surface area contributed by atoms with Crippen molar-refractivity contribution in [3.05, 3.63) is 69.9 Å². The number of benzene rings is 1. The molecule has 188 valence electrons. The molecule has 0 radical (unpaired) electrons. The second-order valence-corrected chi connectivity index (χ2v) is 10.1. The Kier molecular flexibility index (Phi) is 6.78. The Hall–Kier alpha value is -3.28. The van der Waals surface area contributed by atoms with Gasteiger partial charge in [-0.3, -0.25) is 9.69 Å². The zero-order valence-electron chi connectivity index (χ0n) is 21.0. The molecule has 2 saturated heterocycles. The Labute approximate surface area is 210 Å². The monoisotopic (exact) mass is 489 g/mol. The van der Waals surface area contributed by atoms with Crippen LogP contribution in [0.25, 0.3) is 11.0 Å². The minimum atomic E-state index is -0.225. The summed E-state index contributed by atoms with van der Waals surface area (Å²) in [6.07, 6.45) is 1.95. The fourth-order valence-corrected chi connectivity index (χ4v) is 5.90. The van der Waals surface area contributed by atoms with Gasteiger partial charge in [-0.05, 0) is 62.4 Å². The molecule has 1 unspecified atom stereocenters. The van der Waals surface area contributed by atoms with E-state index in [0.29, 0.717) is 29.2 Å². The number of nitriles is 1. The van der Waals surface area contributed by atoms with E-state index in [1.165, 1.54) is 0 Å². The SMILES string of the molecule is C[C@@H]1CN(c2cc(=O)n(C)c3ccc(C#N)nc23)[C@@H](C)CN1C(c1ccc(F)cc1)C1CCOCC1. The lowest BCUT2D eigenvalue weighted by molar-refractivity contribution is 0.00544. The summed E-state index contributed by atoms with van der Waals surface area (Å²) >= 11 is 0. The number of aromatic nitrogens is 2. The molecule has 2 aromatic heterocycles. The highest BCUT2D eigenvalue weighted by molar-refractivity contribution is 5.89. The van der Waals surface area contributed by atoms with Crippen molar-refractivity contribution in [2.24, 2.45) is 13.0 Å². The molecule has 0 bridgehead atoms. The lowest BCUT2D eigenvalue weighted by Gasteiger charge is -2.50. The van der Waals surface area contributed by atoms with E-state index in [-0.39, 0.29) is 29.5 Å². The van der Waals surface area contributed by atoms with Crippen molar-refractivity contribution >= 4 is 16.7 Å². The van der Waals surface area contributed by atoms with Gasteiger partial charge < -0.3 is 14.2 Å².